The van der Waals surface area contributed by atoms with Crippen LogP contribution in [-0.2, 0) is 16.3 Å². The minimum absolute atomic E-state index is 0.134. The van der Waals surface area contributed by atoms with Crippen LogP contribution >= 0.6 is 22.6 Å². The number of aryl methyl sites for hydroxylation is 1. The van der Waals surface area contributed by atoms with Crippen molar-refractivity contribution in [3.05, 3.63) is 41.7 Å². The number of hydrogen-bond donors (Lipinski definition) is 2. The van der Waals surface area contributed by atoms with Gasteiger partial charge >= 0.3 is 0 Å². The van der Waals surface area contributed by atoms with Crippen LogP contribution < -0.4 is 5.32 Å². The third-order valence-electron chi connectivity index (χ3n) is 6.33. The molecule has 1 atom stereocenters. The van der Waals surface area contributed by atoms with Crippen molar-refractivity contribution in [3.63, 3.8) is 0 Å². The first kappa shape index (κ1) is 23.2. The van der Waals surface area contributed by atoms with Crippen LogP contribution in [0.2, 0.25) is 0 Å². The molecule has 4 heterocycles. The number of halogens is 1. The number of aromatic amines is 1. The Morgan fingerprint density at radius 2 is 2.17 bits per heavy atom. The van der Waals surface area contributed by atoms with Gasteiger partial charge in [-0.3, -0.25) is 14.3 Å². The van der Waals surface area contributed by atoms with Crippen molar-refractivity contribution in [3.8, 4) is 17.5 Å². The summed E-state index contributed by atoms with van der Waals surface area (Å²) in [7, 11) is 1.89. The van der Waals surface area contributed by atoms with E-state index in [0.29, 0.717) is 47.6 Å². The highest BCUT2D eigenvalue weighted by Gasteiger charge is 2.34. The molecule has 1 aromatic carbocycles. The van der Waals surface area contributed by atoms with Gasteiger partial charge in [0.25, 0.3) is 5.91 Å². The Labute approximate surface area is 214 Å². The van der Waals surface area contributed by atoms with Gasteiger partial charge in [-0.1, -0.05) is 41.6 Å². The summed E-state index contributed by atoms with van der Waals surface area (Å²) in [5.41, 5.74) is 4.66. The number of benzene rings is 1. The van der Waals surface area contributed by atoms with E-state index in [-0.39, 0.29) is 11.8 Å². The van der Waals surface area contributed by atoms with Crippen LogP contribution in [0.4, 0.5) is 0 Å². The minimum Gasteiger partial charge on any atom is -0.344 e. The molecule has 1 saturated heterocycles. The van der Waals surface area contributed by atoms with E-state index in [2.05, 4.69) is 61.2 Å². The summed E-state index contributed by atoms with van der Waals surface area (Å²) < 4.78 is 2.72. The Morgan fingerprint density at radius 3 is 2.89 bits per heavy atom. The van der Waals surface area contributed by atoms with Gasteiger partial charge in [0.1, 0.15) is 22.9 Å². The lowest BCUT2D eigenvalue weighted by Crippen LogP contribution is -2.56. The highest BCUT2D eigenvalue weighted by Crippen LogP contribution is 2.29. The zero-order valence-electron chi connectivity index (χ0n) is 19.2. The molecule has 0 unspecified atom stereocenters. The maximum atomic E-state index is 13.1. The average Bonchev–Trinajstić information content (AvgIpc) is 3.42. The standard InChI is InChI=1S/C24H23IN8O2/c1-3-17(24(35)33-11-14(8-26)12-33)30-23(34)16-9-27-22-21(16)29-18(10-28-22)20-15-5-4-13(7-25)6-19(15)32(2)31-20/h4-6,9-10,14,17H,3,7,11-12H2,1-2H3,(H,27,28)(H,30,34)/t17-/m1/s1. The van der Waals surface area contributed by atoms with Gasteiger partial charge in [-0.2, -0.15) is 10.4 Å². The topological polar surface area (TPSA) is 133 Å². The van der Waals surface area contributed by atoms with E-state index in [1.807, 2.05) is 24.7 Å². The Hall–Kier alpha value is -3.53. The maximum Gasteiger partial charge on any atom is 0.255 e. The van der Waals surface area contributed by atoms with Crippen molar-refractivity contribution in [2.45, 2.75) is 23.8 Å². The van der Waals surface area contributed by atoms with Crippen molar-refractivity contribution in [2.24, 2.45) is 13.0 Å². The summed E-state index contributed by atoms with van der Waals surface area (Å²) in [6.07, 6.45) is 3.64. The van der Waals surface area contributed by atoms with Crippen molar-refractivity contribution in [2.75, 3.05) is 13.1 Å². The molecule has 0 bridgehead atoms. The first-order valence-electron chi connectivity index (χ1n) is 11.3. The van der Waals surface area contributed by atoms with Gasteiger partial charge in [0.05, 0.1) is 29.3 Å². The summed E-state index contributed by atoms with van der Waals surface area (Å²) in [5.74, 6) is -0.715. The quantitative estimate of drug-likeness (QED) is 0.266. The van der Waals surface area contributed by atoms with E-state index >= 15 is 0 Å². The summed E-state index contributed by atoms with van der Waals surface area (Å²) in [5, 5.41) is 17.4. The molecule has 10 nitrogen and oxygen atoms in total. The molecule has 0 radical (unpaired) electrons. The van der Waals surface area contributed by atoms with E-state index in [1.165, 1.54) is 5.56 Å². The van der Waals surface area contributed by atoms with Gasteiger partial charge in [0, 0.05) is 36.1 Å². The molecule has 2 amide bonds. The van der Waals surface area contributed by atoms with Gasteiger partial charge < -0.3 is 15.2 Å². The summed E-state index contributed by atoms with van der Waals surface area (Å²) in [6.45, 7) is 2.65. The third-order valence-corrected chi connectivity index (χ3v) is 7.21. The largest absolute Gasteiger partial charge is 0.344 e. The van der Waals surface area contributed by atoms with Crippen molar-refractivity contribution < 1.29 is 9.59 Å². The van der Waals surface area contributed by atoms with Gasteiger partial charge in [-0.25, -0.2) is 9.97 Å². The van der Waals surface area contributed by atoms with E-state index in [1.54, 1.807) is 17.3 Å². The molecular formula is C24H23IN8O2. The second kappa shape index (κ2) is 9.26. The van der Waals surface area contributed by atoms with Crippen LogP contribution in [0.5, 0.6) is 0 Å². The molecule has 11 heteroatoms. The van der Waals surface area contributed by atoms with E-state index in [9.17, 15) is 9.59 Å². The highest BCUT2D eigenvalue weighted by molar-refractivity contribution is 14.1. The Balaban J connectivity index is 1.44. The zero-order chi connectivity index (χ0) is 24.7. The van der Waals surface area contributed by atoms with E-state index < -0.39 is 11.9 Å². The van der Waals surface area contributed by atoms with E-state index in [4.69, 9.17) is 10.2 Å². The highest BCUT2D eigenvalue weighted by atomic mass is 127. The average molecular weight is 582 g/mol. The lowest BCUT2D eigenvalue weighted by Gasteiger charge is -2.37. The third kappa shape index (κ3) is 4.12. The number of nitriles is 1. The molecule has 35 heavy (non-hydrogen) atoms. The van der Waals surface area contributed by atoms with Gasteiger partial charge in [-0.15, -0.1) is 0 Å². The van der Waals surface area contributed by atoms with Crippen LogP contribution in [0.1, 0.15) is 29.3 Å². The number of nitrogens with one attached hydrogen (secondary N) is 2. The number of rotatable bonds is 6. The molecule has 1 fully saturated rings. The number of alkyl halides is 1. The summed E-state index contributed by atoms with van der Waals surface area (Å²) in [6, 6.07) is 7.70. The summed E-state index contributed by atoms with van der Waals surface area (Å²) in [4.78, 5) is 39.7. The van der Waals surface area contributed by atoms with Crippen LogP contribution in [0.15, 0.2) is 30.6 Å². The number of carbonyl (C=O) groups excluding carboxylic acids is 2. The fourth-order valence-corrected chi connectivity index (χ4v) is 4.76. The van der Waals surface area contributed by atoms with Gasteiger partial charge in [0.15, 0.2) is 5.65 Å². The smallest absolute Gasteiger partial charge is 0.255 e. The minimum atomic E-state index is -0.671. The molecule has 0 saturated carbocycles. The van der Waals surface area contributed by atoms with Crippen molar-refractivity contribution >= 4 is 56.5 Å². The van der Waals surface area contributed by atoms with Crippen LogP contribution in [-0.4, -0.2) is 60.6 Å². The normalized spacial score (nSPS) is 14.6. The monoisotopic (exact) mass is 582 g/mol. The zero-order valence-corrected chi connectivity index (χ0v) is 21.4. The van der Waals surface area contributed by atoms with Crippen LogP contribution in [0.3, 0.4) is 0 Å². The van der Waals surface area contributed by atoms with Crippen LogP contribution in [0, 0.1) is 17.2 Å². The number of likely N-dealkylation sites (tertiary alicyclic amines) is 1. The Morgan fingerprint density at radius 1 is 1.37 bits per heavy atom. The molecule has 3 aromatic heterocycles. The number of amides is 2. The van der Waals surface area contributed by atoms with Gasteiger partial charge in [-0.05, 0) is 18.1 Å². The number of carbonyl (C=O) groups is 2. The fourth-order valence-electron chi connectivity index (χ4n) is 4.29. The predicted molar refractivity (Wildman–Crippen MR) is 139 cm³/mol. The second-order valence-electron chi connectivity index (χ2n) is 8.62. The van der Waals surface area contributed by atoms with E-state index in [0.717, 1.165) is 15.3 Å². The molecule has 5 rings (SSSR count). The predicted octanol–water partition coefficient (Wildman–Crippen LogP) is 2.94. The molecule has 4 aromatic rings. The lowest BCUT2D eigenvalue weighted by molar-refractivity contribution is -0.138. The molecule has 178 valence electrons. The maximum absolute atomic E-state index is 13.1. The number of H-pyrrole nitrogens is 1. The first-order valence-corrected chi connectivity index (χ1v) is 12.8. The SMILES string of the molecule is CC[C@@H](NC(=O)c1c[nH]c2ncc(-c3nn(C)c4cc(CI)ccc34)nc12)C(=O)N1CC(C#N)C1. The fraction of sp³-hybridized carbons (Fsp3) is 0.333. The van der Waals surface area contributed by atoms with Crippen LogP contribution in [0.25, 0.3) is 33.5 Å². The molecule has 0 spiro atoms. The molecule has 1 aliphatic heterocycles. The number of aromatic nitrogens is 5. The lowest BCUT2D eigenvalue weighted by atomic mass is 10.00. The second-order valence-corrected chi connectivity index (χ2v) is 9.38. The van der Waals surface area contributed by atoms with Gasteiger partial charge in [0.2, 0.25) is 5.91 Å². The number of nitrogens with zero attached hydrogens (tertiary/aromatic N) is 6. The summed E-state index contributed by atoms with van der Waals surface area (Å²) >= 11 is 2.33. The molecular weight excluding hydrogens is 559 g/mol. The number of hydrogen-bond acceptors (Lipinski definition) is 6. The molecule has 1 aliphatic rings. The Kier molecular flexibility index (Phi) is 6.14. The molecule has 0 aliphatic carbocycles. The Bertz CT molecular complexity index is 1490. The number of fused-ring (bicyclic) bond motifs is 2. The first-order chi connectivity index (χ1) is 16.9. The molecule has 2 N–H and O–H groups in total. The van der Waals surface area contributed by atoms with Crippen molar-refractivity contribution in [1.82, 2.24) is 34.9 Å². The van der Waals surface area contributed by atoms with Crippen molar-refractivity contribution in [1.29, 1.82) is 5.26 Å².